The van der Waals surface area contributed by atoms with E-state index in [2.05, 4.69) is 10.1 Å². The fourth-order valence-corrected chi connectivity index (χ4v) is 4.54. The summed E-state index contributed by atoms with van der Waals surface area (Å²) in [6.07, 6.45) is -4.60. The Morgan fingerprint density at radius 3 is 2.32 bits per heavy atom. The number of sulfone groups is 1. The summed E-state index contributed by atoms with van der Waals surface area (Å²) >= 11 is 0. The quantitative estimate of drug-likeness (QED) is 0.442. The molecule has 8 nitrogen and oxygen atoms in total. The van der Waals surface area contributed by atoms with Gasteiger partial charge in [-0.25, -0.2) is 8.42 Å². The van der Waals surface area contributed by atoms with E-state index >= 15 is 0 Å². The van der Waals surface area contributed by atoms with Crippen molar-refractivity contribution in [2.45, 2.75) is 31.5 Å². The fraction of sp³-hybridized carbons (Fsp3) is 0.240. The summed E-state index contributed by atoms with van der Waals surface area (Å²) in [5.74, 6) is -1.71. The van der Waals surface area contributed by atoms with Gasteiger partial charge in [-0.15, -0.1) is 0 Å². The highest BCUT2D eigenvalue weighted by atomic mass is 32.2. The van der Waals surface area contributed by atoms with Gasteiger partial charge >= 0.3 is 12.1 Å². The number of aryl methyl sites for hydroxylation is 1. The molecule has 1 aromatic heterocycles. The average molecular weight is 537 g/mol. The smallest absolute Gasteiger partial charge is 0.416 e. The van der Waals surface area contributed by atoms with Gasteiger partial charge in [-0.05, 0) is 55.0 Å². The number of rotatable bonds is 8. The van der Waals surface area contributed by atoms with E-state index in [1.807, 2.05) is 0 Å². The van der Waals surface area contributed by atoms with Gasteiger partial charge in [0.1, 0.15) is 12.2 Å². The molecule has 0 saturated carbocycles. The van der Waals surface area contributed by atoms with Gasteiger partial charge in [0.05, 0.1) is 16.2 Å². The van der Waals surface area contributed by atoms with Crippen LogP contribution in [0.15, 0.2) is 70.4 Å². The molecule has 1 amide bonds. The van der Waals surface area contributed by atoms with Crippen LogP contribution in [0.4, 0.5) is 13.2 Å². The van der Waals surface area contributed by atoms with Gasteiger partial charge < -0.3 is 10.1 Å². The molecule has 0 atom stereocenters. The van der Waals surface area contributed by atoms with Crippen LogP contribution in [-0.2, 0) is 32.1 Å². The van der Waals surface area contributed by atoms with Gasteiger partial charge in [0.2, 0.25) is 0 Å². The number of benzene rings is 2. The van der Waals surface area contributed by atoms with E-state index in [1.165, 1.54) is 62.4 Å². The summed E-state index contributed by atoms with van der Waals surface area (Å²) in [5, 5.41) is 2.56. The number of esters is 1. The summed E-state index contributed by atoms with van der Waals surface area (Å²) < 4.78 is 69.7. The Morgan fingerprint density at radius 2 is 1.70 bits per heavy atom. The van der Waals surface area contributed by atoms with Gasteiger partial charge in [0.15, 0.2) is 9.84 Å². The zero-order chi connectivity index (χ0) is 27.4. The van der Waals surface area contributed by atoms with Crippen molar-refractivity contribution in [2.75, 3.05) is 12.4 Å². The molecule has 2 aromatic carbocycles. The first-order chi connectivity index (χ1) is 17.3. The van der Waals surface area contributed by atoms with E-state index in [9.17, 15) is 36.0 Å². The highest BCUT2D eigenvalue weighted by Crippen LogP contribution is 2.30. The Morgan fingerprint density at radius 1 is 1.03 bits per heavy atom. The number of pyridine rings is 1. The Hall–Kier alpha value is -3.93. The van der Waals surface area contributed by atoms with Crippen molar-refractivity contribution in [2.24, 2.45) is 0 Å². The first kappa shape index (κ1) is 27.7. The number of nitrogens with one attached hydrogen (secondary N) is 1. The number of carbonyl (C=O) groups is 2. The monoisotopic (exact) mass is 536 g/mol. The molecule has 3 aromatic rings. The topological polar surface area (TPSA) is 112 Å². The van der Waals surface area contributed by atoms with Gasteiger partial charge in [-0.3, -0.25) is 19.0 Å². The van der Waals surface area contributed by atoms with Crippen LogP contribution < -0.4 is 10.9 Å². The molecule has 3 rings (SSSR count). The summed E-state index contributed by atoms with van der Waals surface area (Å²) in [5.41, 5.74) is -1.14. The fourth-order valence-electron chi connectivity index (χ4n) is 3.45. The Bertz CT molecular complexity index is 1480. The van der Waals surface area contributed by atoms with Crippen molar-refractivity contribution in [1.82, 2.24) is 9.88 Å². The first-order valence-corrected chi connectivity index (χ1v) is 12.6. The van der Waals surface area contributed by atoms with Crippen molar-refractivity contribution in [3.63, 3.8) is 0 Å². The second kappa shape index (κ2) is 11.0. The van der Waals surface area contributed by atoms with Crippen molar-refractivity contribution < 1.29 is 35.9 Å². The van der Waals surface area contributed by atoms with Gasteiger partial charge in [-0.1, -0.05) is 18.2 Å². The molecule has 1 N–H and O–H groups in total. The van der Waals surface area contributed by atoms with Crippen LogP contribution in [0.25, 0.3) is 5.69 Å². The molecule has 0 bridgehead atoms. The minimum absolute atomic E-state index is 0.0113. The van der Waals surface area contributed by atoms with Crippen LogP contribution in [0, 0.1) is 6.92 Å². The number of carbonyl (C=O) groups excluding carboxylic acids is 2. The van der Waals surface area contributed by atoms with Crippen molar-refractivity contribution in [3.05, 3.63) is 93.4 Å². The van der Waals surface area contributed by atoms with Crippen molar-refractivity contribution >= 4 is 21.7 Å². The second-order valence-electron chi connectivity index (χ2n) is 8.06. The molecule has 0 aliphatic carbocycles. The highest BCUT2D eigenvalue weighted by Gasteiger charge is 2.30. The maximum Gasteiger partial charge on any atom is 0.416 e. The first-order valence-electron chi connectivity index (χ1n) is 10.9. The molecule has 1 heterocycles. The van der Waals surface area contributed by atoms with Gasteiger partial charge in [-0.2, -0.15) is 13.2 Å². The molecule has 0 spiro atoms. The van der Waals surface area contributed by atoms with Crippen LogP contribution in [0.1, 0.15) is 34.1 Å². The van der Waals surface area contributed by atoms with E-state index in [4.69, 9.17) is 0 Å². The molecule has 0 aliphatic rings. The van der Waals surface area contributed by atoms with Crippen LogP contribution in [0.5, 0.6) is 0 Å². The van der Waals surface area contributed by atoms with Crippen molar-refractivity contribution in [3.8, 4) is 5.69 Å². The van der Waals surface area contributed by atoms with E-state index in [0.29, 0.717) is 11.3 Å². The van der Waals surface area contributed by atoms with E-state index < -0.39 is 39.0 Å². The lowest BCUT2D eigenvalue weighted by molar-refractivity contribution is -0.140. The number of amides is 1. The zero-order valence-electron chi connectivity index (χ0n) is 19.8. The Balaban J connectivity index is 1.75. The zero-order valence-corrected chi connectivity index (χ0v) is 20.7. The maximum atomic E-state index is 13.1. The number of hydrogen-bond acceptors (Lipinski definition) is 6. The lowest BCUT2D eigenvalue weighted by Gasteiger charge is -2.14. The molecular formula is C25H23F3N2O6S. The normalized spacial score (nSPS) is 11.7. The maximum absolute atomic E-state index is 13.1. The predicted molar refractivity (Wildman–Crippen MR) is 128 cm³/mol. The molecule has 196 valence electrons. The van der Waals surface area contributed by atoms with E-state index in [-0.39, 0.29) is 35.1 Å². The van der Waals surface area contributed by atoms with Crippen LogP contribution >= 0.6 is 0 Å². The minimum Gasteiger partial charge on any atom is -0.465 e. The van der Waals surface area contributed by atoms with Gasteiger partial charge in [0, 0.05) is 24.8 Å². The summed E-state index contributed by atoms with van der Waals surface area (Å²) in [7, 11) is -3.68. The van der Waals surface area contributed by atoms with Crippen molar-refractivity contribution in [1.29, 1.82) is 0 Å². The number of alkyl halides is 3. The summed E-state index contributed by atoms with van der Waals surface area (Å²) in [6.45, 7) is 2.39. The molecule has 12 heteroatoms. The molecular weight excluding hydrogens is 513 g/mol. The lowest BCUT2D eigenvalue weighted by atomic mass is 10.1. The highest BCUT2D eigenvalue weighted by molar-refractivity contribution is 7.91. The number of hydrogen-bond donors (Lipinski definition) is 1. The summed E-state index contributed by atoms with van der Waals surface area (Å²) in [6, 6.07) is 12.6. The molecule has 37 heavy (non-hydrogen) atoms. The summed E-state index contributed by atoms with van der Waals surface area (Å²) in [4.78, 5) is 36.5. The number of nitrogens with zero attached hydrogens (tertiary/aromatic N) is 1. The predicted octanol–water partition coefficient (Wildman–Crippen LogP) is 3.43. The molecule has 0 fully saturated rings. The third-order valence-corrected chi connectivity index (χ3v) is 7.04. The van der Waals surface area contributed by atoms with Crippen LogP contribution in [-0.4, -0.2) is 37.2 Å². The van der Waals surface area contributed by atoms with Crippen LogP contribution in [0.3, 0.4) is 0 Å². The molecule has 0 unspecified atom stereocenters. The minimum atomic E-state index is -4.60. The number of aromatic nitrogens is 1. The Labute approximate surface area is 210 Å². The molecule has 0 radical (unpaired) electrons. The average Bonchev–Trinajstić information content (AvgIpc) is 2.82. The molecule has 0 aliphatic heterocycles. The number of halogens is 3. The lowest BCUT2D eigenvalue weighted by Crippen LogP contribution is -2.33. The van der Waals surface area contributed by atoms with E-state index in [1.54, 1.807) is 0 Å². The number of ether oxygens (including phenoxy) is 1. The standard InChI is InChI=1S/C25H23F3N2O6S/c1-16-6-11-22(24(33)30(16)20-5-3-4-19(14-20)25(26,27)28)23(32)29-15-18-7-9-21(10-8-18)37(34,35)13-12-36-17(2)31/h3-11,14H,12-13,15H2,1-2H3,(H,29,32). The van der Waals surface area contributed by atoms with E-state index in [0.717, 1.165) is 16.7 Å². The van der Waals surface area contributed by atoms with Crippen LogP contribution in [0.2, 0.25) is 0 Å². The third kappa shape index (κ3) is 6.85. The second-order valence-corrected chi connectivity index (χ2v) is 10.2. The third-order valence-electron chi connectivity index (χ3n) is 5.35. The SMILES string of the molecule is CC(=O)OCCS(=O)(=O)c1ccc(CNC(=O)c2ccc(C)n(-c3cccc(C(F)(F)F)c3)c2=O)cc1. The molecule has 0 saturated heterocycles. The van der Waals surface area contributed by atoms with Gasteiger partial charge in [0.25, 0.3) is 11.5 Å². The largest absolute Gasteiger partial charge is 0.465 e. The Kier molecular flexibility index (Phi) is 8.22.